The lowest BCUT2D eigenvalue weighted by atomic mass is 10.2. The lowest BCUT2D eigenvalue weighted by Gasteiger charge is -2.36. The summed E-state index contributed by atoms with van der Waals surface area (Å²) in [6.45, 7) is 11.0. The van der Waals surface area contributed by atoms with Crippen LogP contribution in [0.1, 0.15) is 26.3 Å². The number of fused-ring (bicyclic) bond motifs is 1. The van der Waals surface area contributed by atoms with Gasteiger partial charge in [0.25, 0.3) is 0 Å². The van der Waals surface area contributed by atoms with Crippen molar-refractivity contribution in [1.82, 2.24) is 9.61 Å². The molecular formula is C20H24Cl2N4OSi. The van der Waals surface area contributed by atoms with Crippen molar-refractivity contribution >= 4 is 48.6 Å². The fourth-order valence-electron chi connectivity index (χ4n) is 2.42. The largest absolute Gasteiger partial charge is 0.543 e. The molecule has 0 aliphatic carbocycles. The monoisotopic (exact) mass is 434 g/mol. The molecular weight excluding hydrogens is 411 g/mol. The standard InChI is InChI=1S/C20H24Cl2N4OSi/c1-20(2,3)28(4,5)27-13-8-9-16(15(21)11-13)25-19(23)14-12-24-26-10-6-7-17(26)18(14)22/h6-12H,1-5H3,(H2,23,25). The average molecular weight is 435 g/mol. The highest BCUT2D eigenvalue weighted by molar-refractivity contribution is 6.74. The number of nitrogens with zero attached hydrogens (tertiary/aromatic N) is 3. The van der Waals surface area contributed by atoms with Gasteiger partial charge in [0.15, 0.2) is 0 Å². The maximum Gasteiger partial charge on any atom is 0.250 e. The number of aromatic nitrogens is 2. The summed E-state index contributed by atoms with van der Waals surface area (Å²) in [7, 11) is -1.94. The van der Waals surface area contributed by atoms with Crippen LogP contribution in [-0.4, -0.2) is 23.8 Å². The maximum absolute atomic E-state index is 6.45. The summed E-state index contributed by atoms with van der Waals surface area (Å²) < 4.78 is 7.97. The van der Waals surface area contributed by atoms with Crippen molar-refractivity contribution < 1.29 is 4.43 Å². The smallest absolute Gasteiger partial charge is 0.250 e. The molecule has 0 saturated carbocycles. The summed E-state index contributed by atoms with van der Waals surface area (Å²) in [5.41, 5.74) is 8.06. The molecule has 0 amide bonds. The summed E-state index contributed by atoms with van der Waals surface area (Å²) in [4.78, 5) is 4.45. The first kappa shape index (κ1) is 20.7. The Bertz CT molecular complexity index is 1050. The zero-order valence-corrected chi connectivity index (χ0v) is 19.1. The van der Waals surface area contributed by atoms with Crippen LogP contribution < -0.4 is 10.2 Å². The van der Waals surface area contributed by atoms with Crippen molar-refractivity contribution in [2.24, 2.45) is 10.7 Å². The second kappa shape index (κ2) is 7.42. The van der Waals surface area contributed by atoms with Gasteiger partial charge in [0.1, 0.15) is 11.6 Å². The minimum atomic E-state index is -1.94. The van der Waals surface area contributed by atoms with Crippen molar-refractivity contribution in [3.8, 4) is 5.75 Å². The third-order valence-corrected chi connectivity index (χ3v) is 10.2. The highest BCUT2D eigenvalue weighted by Gasteiger charge is 2.39. The summed E-state index contributed by atoms with van der Waals surface area (Å²) in [5, 5.41) is 5.35. The quantitative estimate of drug-likeness (QED) is 0.308. The van der Waals surface area contributed by atoms with Gasteiger partial charge in [-0.2, -0.15) is 5.10 Å². The van der Waals surface area contributed by atoms with Gasteiger partial charge in [-0.25, -0.2) is 9.51 Å². The summed E-state index contributed by atoms with van der Waals surface area (Å²) in [6.07, 6.45) is 3.41. The normalized spacial score (nSPS) is 13.2. The number of aliphatic imine (C=N–C) groups is 1. The molecule has 0 unspecified atom stereocenters. The fourth-order valence-corrected chi connectivity index (χ4v) is 3.95. The number of amidine groups is 1. The molecule has 0 atom stereocenters. The van der Waals surface area contributed by atoms with Gasteiger partial charge in [0.05, 0.1) is 33.0 Å². The van der Waals surface area contributed by atoms with Crippen LogP contribution in [-0.2, 0) is 0 Å². The SMILES string of the molecule is CC(C)(C)[Si](C)(C)Oc1ccc(N=C(N)c2cnn3cccc3c2Cl)c(Cl)c1. The van der Waals surface area contributed by atoms with E-state index in [1.54, 1.807) is 22.8 Å². The van der Waals surface area contributed by atoms with Crippen molar-refractivity contribution in [2.75, 3.05) is 0 Å². The van der Waals surface area contributed by atoms with Gasteiger partial charge in [-0.15, -0.1) is 0 Å². The maximum atomic E-state index is 6.45. The van der Waals surface area contributed by atoms with Crippen LogP contribution in [0.25, 0.3) is 5.52 Å². The molecule has 2 heterocycles. The fraction of sp³-hybridized carbons (Fsp3) is 0.300. The van der Waals surface area contributed by atoms with E-state index < -0.39 is 8.32 Å². The molecule has 0 aliphatic heterocycles. The van der Waals surface area contributed by atoms with Crippen LogP contribution >= 0.6 is 23.2 Å². The topological polar surface area (TPSA) is 64.9 Å². The van der Waals surface area contributed by atoms with Crippen molar-refractivity contribution in [1.29, 1.82) is 0 Å². The molecule has 0 fully saturated rings. The highest BCUT2D eigenvalue weighted by atomic mass is 35.5. The lowest BCUT2D eigenvalue weighted by Crippen LogP contribution is -2.43. The summed E-state index contributed by atoms with van der Waals surface area (Å²) in [5.74, 6) is 0.990. The Morgan fingerprint density at radius 3 is 2.57 bits per heavy atom. The van der Waals surface area contributed by atoms with E-state index in [9.17, 15) is 0 Å². The first-order chi connectivity index (χ1) is 13.0. The Morgan fingerprint density at radius 2 is 1.93 bits per heavy atom. The average Bonchev–Trinajstić information content (AvgIpc) is 3.06. The Kier molecular flexibility index (Phi) is 5.49. The predicted molar refractivity (Wildman–Crippen MR) is 120 cm³/mol. The molecule has 0 spiro atoms. The van der Waals surface area contributed by atoms with E-state index in [2.05, 4.69) is 44.0 Å². The zero-order chi connectivity index (χ0) is 20.7. The summed E-state index contributed by atoms with van der Waals surface area (Å²) in [6, 6.07) is 9.18. The molecule has 2 N–H and O–H groups in total. The third-order valence-electron chi connectivity index (χ3n) is 5.12. The molecule has 28 heavy (non-hydrogen) atoms. The molecule has 0 saturated heterocycles. The minimum absolute atomic E-state index is 0.0991. The van der Waals surface area contributed by atoms with Crippen LogP contribution in [0.2, 0.25) is 28.2 Å². The Hall–Kier alpha value is -2.02. The van der Waals surface area contributed by atoms with Crippen molar-refractivity contribution in [3.63, 3.8) is 0 Å². The van der Waals surface area contributed by atoms with Gasteiger partial charge in [0.2, 0.25) is 8.32 Å². The van der Waals surface area contributed by atoms with E-state index in [1.165, 1.54) is 0 Å². The van der Waals surface area contributed by atoms with E-state index in [-0.39, 0.29) is 10.9 Å². The lowest BCUT2D eigenvalue weighted by molar-refractivity contribution is 0.492. The van der Waals surface area contributed by atoms with Crippen LogP contribution in [0.4, 0.5) is 5.69 Å². The Balaban J connectivity index is 1.90. The van der Waals surface area contributed by atoms with Crippen LogP contribution in [0, 0.1) is 0 Å². The molecule has 148 valence electrons. The molecule has 8 heteroatoms. The molecule has 3 aromatic rings. The number of halogens is 2. The number of rotatable bonds is 4. The van der Waals surface area contributed by atoms with E-state index >= 15 is 0 Å². The number of nitrogens with two attached hydrogens (primary N) is 1. The Labute approximate surface area is 176 Å². The van der Waals surface area contributed by atoms with E-state index in [0.29, 0.717) is 21.3 Å². The molecule has 0 bridgehead atoms. The number of benzene rings is 1. The molecule has 5 nitrogen and oxygen atoms in total. The summed E-state index contributed by atoms with van der Waals surface area (Å²) >= 11 is 12.9. The van der Waals surface area contributed by atoms with Crippen molar-refractivity contribution in [3.05, 3.63) is 58.3 Å². The number of hydrogen-bond donors (Lipinski definition) is 1. The van der Waals surface area contributed by atoms with Gasteiger partial charge in [0, 0.05) is 6.20 Å². The van der Waals surface area contributed by atoms with E-state index in [1.807, 2.05) is 24.4 Å². The van der Waals surface area contributed by atoms with E-state index in [0.717, 1.165) is 11.3 Å². The van der Waals surface area contributed by atoms with Crippen LogP contribution in [0.3, 0.4) is 0 Å². The first-order valence-electron chi connectivity index (χ1n) is 8.94. The predicted octanol–water partition coefficient (Wildman–Crippen LogP) is 6.06. The first-order valence-corrected chi connectivity index (χ1v) is 12.6. The molecule has 0 aliphatic rings. The minimum Gasteiger partial charge on any atom is -0.543 e. The third kappa shape index (κ3) is 4.04. The van der Waals surface area contributed by atoms with Gasteiger partial charge in [-0.1, -0.05) is 44.0 Å². The molecule has 1 aromatic carbocycles. The van der Waals surface area contributed by atoms with E-state index in [4.69, 9.17) is 33.4 Å². The highest BCUT2D eigenvalue weighted by Crippen LogP contribution is 2.39. The molecule has 3 rings (SSSR count). The van der Waals surface area contributed by atoms with Crippen LogP contribution in [0.15, 0.2) is 47.7 Å². The van der Waals surface area contributed by atoms with Crippen molar-refractivity contribution in [2.45, 2.75) is 38.9 Å². The van der Waals surface area contributed by atoms with Gasteiger partial charge in [-0.05, 0) is 48.5 Å². The van der Waals surface area contributed by atoms with Gasteiger partial charge in [-0.3, -0.25) is 0 Å². The molecule has 2 aromatic heterocycles. The van der Waals surface area contributed by atoms with Crippen LogP contribution in [0.5, 0.6) is 5.75 Å². The Morgan fingerprint density at radius 1 is 1.21 bits per heavy atom. The molecule has 0 radical (unpaired) electrons. The van der Waals surface area contributed by atoms with Gasteiger partial charge < -0.3 is 10.2 Å². The second-order valence-corrected chi connectivity index (χ2v) is 13.7. The zero-order valence-electron chi connectivity index (χ0n) is 16.6. The van der Waals surface area contributed by atoms with Gasteiger partial charge >= 0.3 is 0 Å². The second-order valence-electron chi connectivity index (χ2n) is 8.18. The number of hydrogen-bond acceptors (Lipinski definition) is 3.